The molecule has 0 aliphatic carbocycles. The number of nitrogens with one attached hydrogen (secondary N) is 1. The van der Waals surface area contributed by atoms with Gasteiger partial charge in [0, 0.05) is 19.4 Å². The minimum absolute atomic E-state index is 0.0199. The molecule has 140 valence electrons. The summed E-state index contributed by atoms with van der Waals surface area (Å²) < 4.78 is 36.9. The first-order valence-electron chi connectivity index (χ1n) is 7.91. The lowest BCUT2D eigenvalue weighted by Crippen LogP contribution is -2.48. The number of hydrogen-bond acceptors (Lipinski definition) is 4. The number of ether oxygens (including phenoxy) is 2. The lowest BCUT2D eigenvalue weighted by molar-refractivity contribution is -0.140. The first kappa shape index (κ1) is 19.6. The third-order valence-corrected chi connectivity index (χ3v) is 3.93. The number of carbonyl (C=O) groups excluding carboxylic acids is 2. The second-order valence-corrected chi connectivity index (χ2v) is 5.58. The molecule has 0 saturated carbocycles. The zero-order chi connectivity index (χ0) is 19.3. The van der Waals surface area contributed by atoms with Crippen molar-refractivity contribution in [1.82, 2.24) is 10.2 Å². The van der Waals surface area contributed by atoms with Crippen molar-refractivity contribution in [2.75, 3.05) is 26.9 Å². The standard InChI is InChI=1S/C18H20F2N2O4/c1-4-7-22-11(2)15(17(23)26-9-8-25-3)16(21-18(22)24)12-5-6-13(19)14(20)10-12/h4-6,10,16H,1,7-9H2,2-3H3,(H,21,24)/t16-/m0/s1. The van der Waals surface area contributed by atoms with Crippen LogP contribution in [0.5, 0.6) is 0 Å². The molecule has 2 rings (SSSR count). The van der Waals surface area contributed by atoms with Gasteiger partial charge in [-0.25, -0.2) is 18.4 Å². The summed E-state index contributed by atoms with van der Waals surface area (Å²) in [5.74, 6) is -2.77. The Morgan fingerprint density at radius 2 is 2.08 bits per heavy atom. The SMILES string of the molecule is C=CCN1C(=O)N[C@@H](c2ccc(F)c(F)c2)C(C(=O)OCCOC)=C1C. The Labute approximate surface area is 150 Å². The van der Waals surface area contributed by atoms with Crippen molar-refractivity contribution in [2.24, 2.45) is 0 Å². The van der Waals surface area contributed by atoms with Crippen LogP contribution in [0.4, 0.5) is 13.6 Å². The monoisotopic (exact) mass is 366 g/mol. The summed E-state index contributed by atoms with van der Waals surface area (Å²) >= 11 is 0. The quantitative estimate of drug-likeness (QED) is 0.458. The molecule has 26 heavy (non-hydrogen) atoms. The Hall–Kier alpha value is -2.74. The van der Waals surface area contributed by atoms with Crippen LogP contribution in [0.2, 0.25) is 0 Å². The number of urea groups is 1. The van der Waals surface area contributed by atoms with Crippen LogP contribution in [-0.2, 0) is 14.3 Å². The van der Waals surface area contributed by atoms with E-state index < -0.39 is 29.7 Å². The Bertz CT molecular complexity index is 749. The van der Waals surface area contributed by atoms with Crippen LogP contribution in [0.15, 0.2) is 42.1 Å². The minimum atomic E-state index is -1.07. The number of methoxy groups -OCH3 is 1. The van der Waals surface area contributed by atoms with Gasteiger partial charge in [-0.2, -0.15) is 0 Å². The van der Waals surface area contributed by atoms with E-state index in [1.807, 2.05) is 0 Å². The van der Waals surface area contributed by atoms with E-state index in [0.29, 0.717) is 5.70 Å². The molecule has 0 fully saturated rings. The van der Waals surface area contributed by atoms with Crippen LogP contribution < -0.4 is 5.32 Å². The van der Waals surface area contributed by atoms with Gasteiger partial charge in [-0.05, 0) is 24.6 Å². The highest BCUT2D eigenvalue weighted by molar-refractivity contribution is 5.95. The molecular formula is C18H20F2N2O4. The lowest BCUT2D eigenvalue weighted by atomic mass is 9.94. The molecule has 0 saturated heterocycles. The number of esters is 1. The number of nitrogens with zero attached hydrogens (tertiary/aromatic N) is 1. The van der Waals surface area contributed by atoms with Crippen LogP contribution in [0.1, 0.15) is 18.5 Å². The second kappa shape index (κ2) is 8.57. The van der Waals surface area contributed by atoms with Gasteiger partial charge in [-0.15, -0.1) is 6.58 Å². The minimum Gasteiger partial charge on any atom is -0.460 e. The van der Waals surface area contributed by atoms with Crippen LogP contribution in [-0.4, -0.2) is 43.8 Å². The van der Waals surface area contributed by atoms with Gasteiger partial charge < -0.3 is 14.8 Å². The summed E-state index contributed by atoms with van der Waals surface area (Å²) in [6.07, 6.45) is 1.51. The smallest absolute Gasteiger partial charge is 0.338 e. The Morgan fingerprint density at radius 1 is 1.35 bits per heavy atom. The van der Waals surface area contributed by atoms with Crippen LogP contribution in [0.3, 0.4) is 0 Å². The number of rotatable bonds is 7. The third-order valence-electron chi connectivity index (χ3n) is 3.93. The normalized spacial score (nSPS) is 17.2. The molecule has 0 radical (unpaired) electrons. The van der Waals surface area contributed by atoms with Crippen molar-refractivity contribution >= 4 is 12.0 Å². The molecule has 0 unspecified atom stereocenters. The Morgan fingerprint density at radius 3 is 2.69 bits per heavy atom. The molecule has 1 aliphatic heterocycles. The predicted octanol–water partition coefficient (Wildman–Crippen LogP) is 2.68. The summed E-state index contributed by atoms with van der Waals surface area (Å²) in [6, 6.07) is 1.75. The van der Waals surface area contributed by atoms with Crippen LogP contribution in [0.25, 0.3) is 0 Å². The van der Waals surface area contributed by atoms with Gasteiger partial charge >= 0.3 is 12.0 Å². The number of benzene rings is 1. The van der Waals surface area contributed by atoms with Gasteiger partial charge in [0.2, 0.25) is 0 Å². The summed E-state index contributed by atoms with van der Waals surface area (Å²) in [6.45, 7) is 5.57. The number of halogens is 2. The van der Waals surface area contributed by atoms with E-state index in [4.69, 9.17) is 9.47 Å². The molecule has 6 nitrogen and oxygen atoms in total. The fraction of sp³-hybridized carbons (Fsp3) is 0.333. The van der Waals surface area contributed by atoms with Crippen LogP contribution in [0, 0.1) is 11.6 Å². The zero-order valence-corrected chi connectivity index (χ0v) is 14.6. The average molecular weight is 366 g/mol. The molecule has 8 heteroatoms. The van der Waals surface area contributed by atoms with E-state index in [-0.39, 0.29) is 30.9 Å². The van der Waals surface area contributed by atoms with Crippen molar-refractivity contribution in [1.29, 1.82) is 0 Å². The van der Waals surface area contributed by atoms with Gasteiger partial charge in [-0.3, -0.25) is 4.90 Å². The van der Waals surface area contributed by atoms with Crippen molar-refractivity contribution in [3.8, 4) is 0 Å². The topological polar surface area (TPSA) is 67.9 Å². The van der Waals surface area contributed by atoms with Gasteiger partial charge in [0.1, 0.15) is 6.61 Å². The highest BCUT2D eigenvalue weighted by atomic mass is 19.2. The fourth-order valence-corrected chi connectivity index (χ4v) is 2.63. The van der Waals surface area contributed by atoms with Crippen LogP contribution >= 0.6 is 0 Å². The van der Waals surface area contributed by atoms with E-state index in [9.17, 15) is 18.4 Å². The maximum Gasteiger partial charge on any atom is 0.338 e. The summed E-state index contributed by atoms with van der Waals surface area (Å²) in [7, 11) is 1.47. The molecule has 1 aromatic rings. The van der Waals surface area contributed by atoms with Gasteiger partial charge in [0.25, 0.3) is 0 Å². The summed E-state index contributed by atoms with van der Waals surface area (Å²) in [4.78, 5) is 26.2. The number of carbonyl (C=O) groups is 2. The number of allylic oxidation sites excluding steroid dienone is 1. The molecule has 0 spiro atoms. The second-order valence-electron chi connectivity index (χ2n) is 5.58. The van der Waals surface area contributed by atoms with Gasteiger partial charge in [0.15, 0.2) is 11.6 Å². The first-order valence-corrected chi connectivity index (χ1v) is 7.91. The molecule has 1 atom stereocenters. The van der Waals surface area contributed by atoms with Gasteiger partial charge in [0.05, 0.1) is 18.2 Å². The van der Waals surface area contributed by atoms with Crippen molar-refractivity contribution in [2.45, 2.75) is 13.0 Å². The van der Waals surface area contributed by atoms with Crippen molar-refractivity contribution in [3.63, 3.8) is 0 Å². The predicted molar refractivity (Wildman–Crippen MR) is 90.1 cm³/mol. The third kappa shape index (κ3) is 4.08. The van der Waals surface area contributed by atoms with E-state index in [1.165, 1.54) is 24.2 Å². The molecule has 0 aromatic heterocycles. The largest absolute Gasteiger partial charge is 0.460 e. The molecular weight excluding hydrogens is 346 g/mol. The summed E-state index contributed by atoms with van der Waals surface area (Å²) in [5, 5.41) is 2.63. The molecule has 2 amide bonds. The maximum atomic E-state index is 13.6. The Kier molecular flexibility index (Phi) is 6.46. The Balaban J connectivity index is 2.46. The van der Waals surface area contributed by atoms with Crippen molar-refractivity contribution < 1.29 is 27.8 Å². The van der Waals surface area contributed by atoms with Crippen molar-refractivity contribution in [3.05, 3.63) is 59.3 Å². The molecule has 1 heterocycles. The van der Waals surface area contributed by atoms with E-state index >= 15 is 0 Å². The van der Waals surface area contributed by atoms with Gasteiger partial charge in [-0.1, -0.05) is 12.1 Å². The number of amides is 2. The number of hydrogen-bond donors (Lipinski definition) is 1. The molecule has 1 N–H and O–H groups in total. The first-order chi connectivity index (χ1) is 12.4. The highest BCUT2D eigenvalue weighted by Gasteiger charge is 2.36. The zero-order valence-electron chi connectivity index (χ0n) is 14.6. The van der Waals surface area contributed by atoms with E-state index in [1.54, 1.807) is 6.92 Å². The molecule has 1 aliphatic rings. The van der Waals surface area contributed by atoms with E-state index in [2.05, 4.69) is 11.9 Å². The highest BCUT2D eigenvalue weighted by Crippen LogP contribution is 2.31. The fourth-order valence-electron chi connectivity index (χ4n) is 2.63. The van der Waals surface area contributed by atoms with E-state index in [0.717, 1.165) is 12.1 Å². The summed E-state index contributed by atoms with van der Waals surface area (Å²) in [5.41, 5.74) is 0.716. The molecule has 0 bridgehead atoms. The molecule has 1 aromatic carbocycles. The maximum absolute atomic E-state index is 13.6. The lowest BCUT2D eigenvalue weighted by Gasteiger charge is -2.34. The average Bonchev–Trinajstić information content (AvgIpc) is 2.60.